The summed E-state index contributed by atoms with van der Waals surface area (Å²) >= 11 is 0. The Hall–Kier alpha value is -2.91. The van der Waals surface area contributed by atoms with E-state index >= 15 is 4.39 Å². The summed E-state index contributed by atoms with van der Waals surface area (Å²) in [5.74, 6) is -0.521. The zero-order chi connectivity index (χ0) is 24.3. The summed E-state index contributed by atoms with van der Waals surface area (Å²) in [6, 6.07) is 7.06. The Morgan fingerprint density at radius 3 is 2.53 bits per heavy atom. The zero-order valence-electron chi connectivity index (χ0n) is 20.2. The number of anilines is 1. The number of fused-ring (bicyclic) bond motifs is 4. The molecule has 3 aromatic rings. The molecule has 1 aromatic carbocycles. The van der Waals surface area contributed by atoms with Crippen molar-refractivity contribution in [2.75, 3.05) is 37.7 Å². The lowest BCUT2D eigenvalue weighted by Crippen LogP contribution is -2.51. The van der Waals surface area contributed by atoms with Crippen LogP contribution in [0.25, 0.3) is 22.2 Å². The predicted molar refractivity (Wildman–Crippen MR) is 133 cm³/mol. The zero-order valence-corrected chi connectivity index (χ0v) is 20.2. The lowest BCUT2D eigenvalue weighted by molar-refractivity contribution is 0.108. The second-order valence-corrected chi connectivity index (χ2v) is 10.7. The molecule has 188 valence electrons. The maximum atomic E-state index is 16.0. The molecule has 4 saturated heterocycles. The molecule has 0 radical (unpaired) electrons. The fourth-order valence-corrected chi connectivity index (χ4v) is 6.80. The maximum Gasteiger partial charge on any atom is 0.319 e. The quantitative estimate of drug-likeness (QED) is 0.579. The van der Waals surface area contributed by atoms with Crippen molar-refractivity contribution in [3.8, 4) is 17.3 Å². The summed E-state index contributed by atoms with van der Waals surface area (Å²) in [5, 5.41) is 4.16. The Labute approximate surface area is 208 Å². The molecule has 0 spiro atoms. The second-order valence-electron chi connectivity index (χ2n) is 10.7. The number of pyridine rings is 1. The first-order valence-corrected chi connectivity index (χ1v) is 13.1. The van der Waals surface area contributed by atoms with Gasteiger partial charge in [-0.3, -0.25) is 9.88 Å². The SMILES string of the molecule is Fc1ccccc1-c1ncc2c(N3C[C@H]4CC[C@@H](C3)N4)nc(OCC34CCCN3CCC4)nc2c1F. The normalized spacial score (nSPS) is 25.0. The molecule has 0 amide bonds. The highest BCUT2D eigenvalue weighted by Gasteiger charge is 2.45. The topological polar surface area (TPSA) is 66.4 Å². The summed E-state index contributed by atoms with van der Waals surface area (Å²) in [6.07, 6.45) is 8.37. The minimum absolute atomic E-state index is 0.0295. The summed E-state index contributed by atoms with van der Waals surface area (Å²) < 4.78 is 36.8. The Morgan fingerprint density at radius 1 is 1.03 bits per heavy atom. The summed E-state index contributed by atoms with van der Waals surface area (Å²) in [6.45, 7) is 4.27. The number of nitrogens with zero attached hydrogens (tertiary/aromatic N) is 5. The Morgan fingerprint density at radius 2 is 1.78 bits per heavy atom. The number of nitrogens with one attached hydrogen (secondary N) is 1. The molecule has 36 heavy (non-hydrogen) atoms. The van der Waals surface area contributed by atoms with E-state index in [-0.39, 0.29) is 28.3 Å². The molecule has 7 rings (SSSR count). The van der Waals surface area contributed by atoms with Crippen LogP contribution in [0.5, 0.6) is 6.01 Å². The van der Waals surface area contributed by atoms with Crippen LogP contribution < -0.4 is 15.0 Å². The third-order valence-electron chi connectivity index (χ3n) is 8.57. The molecular weight excluding hydrogens is 462 g/mol. The smallest absolute Gasteiger partial charge is 0.319 e. The van der Waals surface area contributed by atoms with Crippen LogP contribution in [0.3, 0.4) is 0 Å². The fourth-order valence-electron chi connectivity index (χ4n) is 6.80. The third kappa shape index (κ3) is 3.63. The van der Waals surface area contributed by atoms with E-state index in [1.54, 1.807) is 18.3 Å². The van der Waals surface area contributed by atoms with Crippen molar-refractivity contribution >= 4 is 16.7 Å². The third-order valence-corrected chi connectivity index (χ3v) is 8.57. The van der Waals surface area contributed by atoms with Crippen molar-refractivity contribution in [1.82, 2.24) is 25.2 Å². The fraction of sp³-hybridized carbons (Fsp3) is 0.519. The van der Waals surface area contributed by atoms with Gasteiger partial charge in [0.2, 0.25) is 0 Å². The minimum Gasteiger partial charge on any atom is -0.461 e. The van der Waals surface area contributed by atoms with Gasteiger partial charge in [0.1, 0.15) is 29.5 Å². The molecule has 2 bridgehead atoms. The largest absolute Gasteiger partial charge is 0.461 e. The highest BCUT2D eigenvalue weighted by atomic mass is 19.1. The predicted octanol–water partition coefficient (Wildman–Crippen LogP) is 3.92. The Bertz CT molecular complexity index is 1300. The number of piperazine rings is 1. The van der Waals surface area contributed by atoms with E-state index in [0.717, 1.165) is 51.9 Å². The van der Waals surface area contributed by atoms with Crippen LogP contribution in [-0.2, 0) is 0 Å². The molecule has 9 heteroatoms. The van der Waals surface area contributed by atoms with Gasteiger partial charge in [0, 0.05) is 36.9 Å². The molecule has 4 aliphatic heterocycles. The number of rotatable bonds is 5. The highest BCUT2D eigenvalue weighted by Crippen LogP contribution is 2.40. The van der Waals surface area contributed by atoms with E-state index in [2.05, 4.69) is 25.1 Å². The average Bonchev–Trinajstić information content (AvgIpc) is 3.57. The van der Waals surface area contributed by atoms with Crippen LogP contribution in [0, 0.1) is 11.6 Å². The van der Waals surface area contributed by atoms with Gasteiger partial charge in [0.15, 0.2) is 5.82 Å². The summed E-state index contributed by atoms with van der Waals surface area (Å²) in [4.78, 5) is 18.4. The van der Waals surface area contributed by atoms with Crippen LogP contribution in [0.15, 0.2) is 30.5 Å². The Kier molecular flexibility index (Phi) is 5.32. The lowest BCUT2D eigenvalue weighted by atomic mass is 9.95. The number of benzene rings is 1. The monoisotopic (exact) mass is 492 g/mol. The second kappa shape index (κ2) is 8.59. The van der Waals surface area contributed by atoms with Gasteiger partial charge in [-0.05, 0) is 63.7 Å². The van der Waals surface area contributed by atoms with Crippen molar-refractivity contribution in [1.29, 1.82) is 0 Å². The van der Waals surface area contributed by atoms with E-state index < -0.39 is 11.6 Å². The molecule has 4 fully saturated rings. The first kappa shape index (κ1) is 22.3. The number of hydrogen-bond donors (Lipinski definition) is 1. The van der Waals surface area contributed by atoms with Crippen molar-refractivity contribution in [3.63, 3.8) is 0 Å². The number of ether oxygens (including phenoxy) is 1. The van der Waals surface area contributed by atoms with E-state index in [0.29, 0.717) is 29.9 Å². The van der Waals surface area contributed by atoms with E-state index in [1.165, 1.54) is 25.0 Å². The molecule has 4 aliphatic rings. The first-order chi connectivity index (χ1) is 17.6. The van der Waals surface area contributed by atoms with Gasteiger partial charge < -0.3 is 15.0 Å². The molecule has 7 nitrogen and oxygen atoms in total. The summed E-state index contributed by atoms with van der Waals surface area (Å²) in [5.41, 5.74) is 0.224. The molecule has 2 aromatic heterocycles. The van der Waals surface area contributed by atoms with E-state index in [9.17, 15) is 4.39 Å². The van der Waals surface area contributed by atoms with Crippen LogP contribution in [0.4, 0.5) is 14.6 Å². The van der Waals surface area contributed by atoms with E-state index in [4.69, 9.17) is 9.72 Å². The molecule has 0 unspecified atom stereocenters. The average molecular weight is 493 g/mol. The van der Waals surface area contributed by atoms with Crippen molar-refractivity contribution in [2.45, 2.75) is 56.1 Å². The number of halogens is 2. The van der Waals surface area contributed by atoms with Gasteiger partial charge >= 0.3 is 6.01 Å². The van der Waals surface area contributed by atoms with Crippen molar-refractivity contribution < 1.29 is 13.5 Å². The van der Waals surface area contributed by atoms with Gasteiger partial charge in [-0.1, -0.05) is 12.1 Å². The number of aromatic nitrogens is 3. The van der Waals surface area contributed by atoms with Gasteiger partial charge in [0.25, 0.3) is 0 Å². The number of hydrogen-bond acceptors (Lipinski definition) is 7. The van der Waals surface area contributed by atoms with E-state index in [1.807, 2.05) is 0 Å². The van der Waals surface area contributed by atoms with Crippen molar-refractivity contribution in [3.05, 3.63) is 42.1 Å². The molecule has 0 saturated carbocycles. The highest BCUT2D eigenvalue weighted by molar-refractivity contribution is 5.92. The molecule has 0 aliphatic carbocycles. The van der Waals surface area contributed by atoms with Crippen LogP contribution >= 0.6 is 0 Å². The Balaban J connectivity index is 1.31. The van der Waals surface area contributed by atoms with Crippen molar-refractivity contribution in [2.24, 2.45) is 0 Å². The van der Waals surface area contributed by atoms with Gasteiger partial charge in [0.05, 0.1) is 10.9 Å². The molecule has 1 N–H and O–H groups in total. The maximum absolute atomic E-state index is 16.0. The molecule has 2 atom stereocenters. The van der Waals surface area contributed by atoms with Crippen LogP contribution in [-0.4, -0.2) is 70.3 Å². The van der Waals surface area contributed by atoms with Crippen LogP contribution in [0.2, 0.25) is 0 Å². The lowest BCUT2D eigenvalue weighted by Gasteiger charge is -2.34. The molecule has 6 heterocycles. The van der Waals surface area contributed by atoms with Gasteiger partial charge in [-0.25, -0.2) is 8.78 Å². The summed E-state index contributed by atoms with van der Waals surface area (Å²) in [7, 11) is 0. The minimum atomic E-state index is -0.647. The standard InChI is InChI=1S/C27H30F2N6O/c28-21-6-2-1-5-19(21)23-22(29)24-20(13-30-23)25(34-14-17-7-8-18(15-34)31-17)33-26(32-24)36-16-27-9-3-11-35(27)12-4-10-27/h1-2,5-6,13,17-18,31H,3-4,7-12,14-16H2/t17-,18+. The van der Waals surface area contributed by atoms with Crippen LogP contribution in [0.1, 0.15) is 38.5 Å². The molecular formula is C27H30F2N6O. The van der Waals surface area contributed by atoms with Gasteiger partial charge in [-0.15, -0.1) is 0 Å². The van der Waals surface area contributed by atoms with Gasteiger partial charge in [-0.2, -0.15) is 9.97 Å². The first-order valence-electron chi connectivity index (χ1n) is 13.1.